The number of carbonyl (C=O) groups excluding carboxylic acids is 1. The van der Waals surface area contributed by atoms with E-state index < -0.39 is 23.6 Å². The first-order valence-corrected chi connectivity index (χ1v) is 8.56. The highest BCUT2D eigenvalue weighted by Gasteiger charge is 2.28. The van der Waals surface area contributed by atoms with Gasteiger partial charge in [0.2, 0.25) is 0 Å². The van der Waals surface area contributed by atoms with E-state index in [9.17, 15) is 28.1 Å². The van der Waals surface area contributed by atoms with E-state index in [-0.39, 0.29) is 29.2 Å². The fourth-order valence-corrected chi connectivity index (χ4v) is 2.58. The van der Waals surface area contributed by atoms with Gasteiger partial charge in [0.1, 0.15) is 11.4 Å². The second kappa shape index (κ2) is 8.64. The van der Waals surface area contributed by atoms with Gasteiger partial charge in [-0.1, -0.05) is 12.1 Å². The lowest BCUT2D eigenvalue weighted by Crippen LogP contribution is -2.23. The molecule has 3 aromatic rings. The zero-order valence-electron chi connectivity index (χ0n) is 15.3. The Labute approximate surface area is 168 Å². The second-order valence-corrected chi connectivity index (χ2v) is 6.16. The normalized spacial score (nSPS) is 11.2. The van der Waals surface area contributed by atoms with Crippen molar-refractivity contribution in [3.8, 4) is 11.4 Å². The first-order valence-electron chi connectivity index (χ1n) is 8.56. The highest BCUT2D eigenvalue weighted by atomic mass is 19.4. The number of amides is 1. The third kappa shape index (κ3) is 5.34. The Balaban J connectivity index is 1.65. The van der Waals surface area contributed by atoms with Crippen molar-refractivity contribution in [2.75, 3.05) is 6.61 Å². The molecule has 11 heteroatoms. The molecule has 1 heterocycles. The lowest BCUT2D eigenvalue weighted by atomic mass is 10.1. The maximum atomic E-state index is 12.4. The molecule has 30 heavy (non-hydrogen) atoms. The van der Waals surface area contributed by atoms with Crippen LogP contribution in [0.5, 0.6) is 5.75 Å². The quantitative estimate of drug-likeness (QED) is 0.465. The summed E-state index contributed by atoms with van der Waals surface area (Å²) in [6.45, 7) is -1.31. The van der Waals surface area contributed by atoms with E-state index >= 15 is 0 Å². The van der Waals surface area contributed by atoms with Gasteiger partial charge in [-0.05, 0) is 29.8 Å². The third-order valence-electron chi connectivity index (χ3n) is 4.00. The molecule has 0 spiro atoms. The van der Waals surface area contributed by atoms with E-state index in [1.54, 1.807) is 6.20 Å². The van der Waals surface area contributed by atoms with Crippen molar-refractivity contribution in [2.45, 2.75) is 12.7 Å². The van der Waals surface area contributed by atoms with Crippen LogP contribution in [0.3, 0.4) is 0 Å². The van der Waals surface area contributed by atoms with Gasteiger partial charge in [0, 0.05) is 30.6 Å². The first-order chi connectivity index (χ1) is 14.2. The summed E-state index contributed by atoms with van der Waals surface area (Å²) in [4.78, 5) is 27.0. The van der Waals surface area contributed by atoms with Crippen molar-refractivity contribution in [3.05, 3.63) is 82.4 Å². The summed E-state index contributed by atoms with van der Waals surface area (Å²) in [5.74, 6) is -0.485. The minimum atomic E-state index is -4.43. The van der Waals surface area contributed by atoms with E-state index in [0.717, 1.165) is 0 Å². The fraction of sp³-hybridized carbons (Fsp3) is 0.158. The lowest BCUT2D eigenvalue weighted by molar-refractivity contribution is -0.384. The van der Waals surface area contributed by atoms with E-state index in [1.807, 2.05) is 0 Å². The van der Waals surface area contributed by atoms with Crippen molar-refractivity contribution in [2.24, 2.45) is 0 Å². The topological polar surface area (TPSA) is 99.3 Å². The molecule has 8 nitrogen and oxygen atoms in total. The molecule has 0 aliphatic rings. The van der Waals surface area contributed by atoms with Gasteiger partial charge in [-0.3, -0.25) is 14.9 Å². The van der Waals surface area contributed by atoms with Gasteiger partial charge in [-0.25, -0.2) is 4.98 Å². The van der Waals surface area contributed by atoms with Gasteiger partial charge >= 0.3 is 6.18 Å². The van der Waals surface area contributed by atoms with E-state index in [0.29, 0.717) is 5.56 Å². The van der Waals surface area contributed by atoms with Crippen LogP contribution in [0.15, 0.2) is 61.2 Å². The van der Waals surface area contributed by atoms with Crippen LogP contribution in [0.4, 0.5) is 18.9 Å². The SMILES string of the molecule is O=C(NCc1ccc(OCC(F)(F)F)cc1)c1ccc(-n2ccnc2)c([N+](=O)[O-])c1. The Morgan fingerprint density at radius 3 is 2.53 bits per heavy atom. The number of hydrogen-bond acceptors (Lipinski definition) is 5. The Morgan fingerprint density at radius 1 is 1.20 bits per heavy atom. The molecule has 0 unspecified atom stereocenters. The molecule has 0 bridgehead atoms. The Morgan fingerprint density at radius 2 is 1.93 bits per heavy atom. The second-order valence-electron chi connectivity index (χ2n) is 6.16. The largest absolute Gasteiger partial charge is 0.484 e. The number of imidazole rings is 1. The van der Waals surface area contributed by atoms with Crippen molar-refractivity contribution in [1.82, 2.24) is 14.9 Å². The number of rotatable bonds is 7. The number of nitro benzene ring substituents is 1. The molecule has 0 fully saturated rings. The van der Waals surface area contributed by atoms with Crippen molar-refractivity contribution < 1.29 is 27.6 Å². The number of alkyl halides is 3. The Hall–Kier alpha value is -3.89. The van der Waals surface area contributed by atoms with E-state index in [2.05, 4.69) is 15.0 Å². The predicted molar refractivity (Wildman–Crippen MR) is 99.4 cm³/mol. The zero-order chi connectivity index (χ0) is 21.7. The number of carbonyl (C=O) groups is 1. The van der Waals surface area contributed by atoms with Crippen LogP contribution in [0.25, 0.3) is 5.69 Å². The van der Waals surface area contributed by atoms with Gasteiger partial charge in [-0.15, -0.1) is 0 Å². The Kier molecular flexibility index (Phi) is 6.00. The van der Waals surface area contributed by atoms with Crippen molar-refractivity contribution in [3.63, 3.8) is 0 Å². The molecule has 2 aromatic carbocycles. The fourth-order valence-electron chi connectivity index (χ4n) is 2.58. The van der Waals surface area contributed by atoms with Crippen LogP contribution in [0, 0.1) is 10.1 Å². The van der Waals surface area contributed by atoms with Crippen LogP contribution < -0.4 is 10.1 Å². The monoisotopic (exact) mass is 420 g/mol. The highest BCUT2D eigenvalue weighted by molar-refractivity contribution is 5.95. The molecule has 3 rings (SSSR count). The number of halogens is 3. The smallest absolute Gasteiger partial charge is 0.422 e. The number of nitrogens with one attached hydrogen (secondary N) is 1. The van der Waals surface area contributed by atoms with E-state index in [4.69, 9.17) is 0 Å². The summed E-state index contributed by atoms with van der Waals surface area (Å²) < 4.78 is 42.5. The minimum absolute atomic E-state index is 0.0492. The summed E-state index contributed by atoms with van der Waals surface area (Å²) in [7, 11) is 0. The molecule has 1 amide bonds. The van der Waals surface area contributed by atoms with Crippen LogP contribution in [-0.2, 0) is 6.54 Å². The molecule has 0 saturated heterocycles. The molecule has 0 aliphatic heterocycles. The number of nitro groups is 1. The predicted octanol–water partition coefficient (Wildman–Crippen LogP) is 3.65. The van der Waals surface area contributed by atoms with Crippen LogP contribution in [-0.4, -0.2) is 33.2 Å². The Bertz CT molecular complexity index is 1030. The number of aromatic nitrogens is 2. The molecule has 156 valence electrons. The van der Waals surface area contributed by atoms with Gasteiger partial charge in [-0.2, -0.15) is 13.2 Å². The first kappa shape index (κ1) is 20.8. The van der Waals surface area contributed by atoms with Crippen LogP contribution in [0.1, 0.15) is 15.9 Å². The molecular formula is C19H15F3N4O4. The molecule has 0 atom stereocenters. The van der Waals surface area contributed by atoms with E-state index in [1.165, 1.54) is 59.6 Å². The molecule has 0 aliphatic carbocycles. The average Bonchev–Trinajstić information content (AvgIpc) is 3.25. The molecule has 1 N–H and O–H groups in total. The van der Waals surface area contributed by atoms with Gasteiger partial charge < -0.3 is 14.6 Å². The third-order valence-corrected chi connectivity index (χ3v) is 4.00. The number of hydrogen-bond donors (Lipinski definition) is 1. The molecular weight excluding hydrogens is 405 g/mol. The van der Waals surface area contributed by atoms with Gasteiger partial charge in [0.25, 0.3) is 11.6 Å². The highest BCUT2D eigenvalue weighted by Crippen LogP contribution is 2.24. The number of benzene rings is 2. The summed E-state index contributed by atoms with van der Waals surface area (Å²) in [5, 5.41) is 14.0. The molecule has 0 saturated carbocycles. The average molecular weight is 420 g/mol. The zero-order valence-corrected chi connectivity index (χ0v) is 15.3. The van der Waals surface area contributed by atoms with Crippen LogP contribution in [0.2, 0.25) is 0 Å². The van der Waals surface area contributed by atoms with Crippen molar-refractivity contribution >= 4 is 11.6 Å². The van der Waals surface area contributed by atoms with Crippen molar-refractivity contribution in [1.29, 1.82) is 0 Å². The van der Waals surface area contributed by atoms with Crippen LogP contribution >= 0.6 is 0 Å². The van der Waals surface area contributed by atoms with Gasteiger partial charge in [0.05, 0.1) is 11.3 Å². The van der Waals surface area contributed by atoms with Gasteiger partial charge in [0.15, 0.2) is 6.61 Å². The summed E-state index contributed by atoms with van der Waals surface area (Å²) in [6.07, 6.45) is 0.000779. The molecule has 0 radical (unpaired) electrons. The molecule has 1 aromatic heterocycles. The summed E-state index contributed by atoms with van der Waals surface area (Å²) in [5.41, 5.74) is 0.721. The summed E-state index contributed by atoms with van der Waals surface area (Å²) >= 11 is 0. The lowest BCUT2D eigenvalue weighted by Gasteiger charge is -2.10. The number of nitrogens with zero attached hydrogens (tertiary/aromatic N) is 3. The minimum Gasteiger partial charge on any atom is -0.484 e. The summed E-state index contributed by atoms with van der Waals surface area (Å²) in [6, 6.07) is 9.80. The number of ether oxygens (including phenoxy) is 1. The maximum Gasteiger partial charge on any atom is 0.422 e. The maximum absolute atomic E-state index is 12.4. The standard InChI is InChI=1S/C19H15F3N4O4/c20-19(21,22)11-30-15-4-1-13(2-5-15)10-24-18(27)14-3-6-16(17(9-14)26(28)29)25-8-7-23-12-25/h1-9,12H,10-11H2,(H,24,27).